The van der Waals surface area contributed by atoms with Gasteiger partial charge in [-0.1, -0.05) is 0 Å². The van der Waals surface area contributed by atoms with Gasteiger partial charge in [0.25, 0.3) is 0 Å². The molecule has 0 spiro atoms. The maximum atomic E-state index is 12.7. The summed E-state index contributed by atoms with van der Waals surface area (Å²) < 4.78 is 39.9. The molecule has 1 aliphatic heterocycles. The van der Waals surface area contributed by atoms with Gasteiger partial charge >= 0.3 is 6.18 Å². The van der Waals surface area contributed by atoms with E-state index in [4.69, 9.17) is 5.73 Å². The van der Waals surface area contributed by atoms with Crippen molar-refractivity contribution in [2.24, 2.45) is 5.92 Å². The summed E-state index contributed by atoms with van der Waals surface area (Å²) >= 11 is 1.90. The van der Waals surface area contributed by atoms with Crippen molar-refractivity contribution in [2.75, 3.05) is 17.2 Å². The number of nitrogens with zero attached hydrogens (tertiary/aromatic N) is 2. The summed E-state index contributed by atoms with van der Waals surface area (Å²) in [6.07, 6.45) is -3.24. The molecule has 2 heterocycles. The normalized spacial score (nSPS) is 19.9. The molecular weight excluding hydrogens is 287 g/mol. The van der Waals surface area contributed by atoms with Crippen LogP contribution in [0.25, 0.3) is 11.0 Å². The molecule has 7 heteroatoms. The molecule has 0 bridgehead atoms. The highest BCUT2D eigenvalue weighted by molar-refractivity contribution is 7.99. The number of benzene rings is 1. The van der Waals surface area contributed by atoms with Crippen molar-refractivity contribution in [3.8, 4) is 0 Å². The SMILES string of the molecule is Nc1nc2cc(C(F)(F)F)ccc2n1CC1CCSC1. The van der Waals surface area contributed by atoms with E-state index >= 15 is 0 Å². The number of aromatic nitrogens is 2. The third kappa shape index (κ3) is 2.46. The summed E-state index contributed by atoms with van der Waals surface area (Å²) in [4.78, 5) is 4.06. The van der Waals surface area contributed by atoms with Crippen molar-refractivity contribution in [3.05, 3.63) is 23.8 Å². The topological polar surface area (TPSA) is 43.8 Å². The second-order valence-electron chi connectivity index (χ2n) is 5.01. The zero-order valence-electron chi connectivity index (χ0n) is 10.7. The number of thioether (sulfide) groups is 1. The van der Waals surface area contributed by atoms with Crippen molar-refractivity contribution >= 4 is 28.7 Å². The fourth-order valence-electron chi connectivity index (χ4n) is 2.50. The molecule has 0 aliphatic carbocycles. The minimum atomic E-state index is -4.35. The minimum Gasteiger partial charge on any atom is -0.369 e. The molecule has 1 aromatic carbocycles. The summed E-state index contributed by atoms with van der Waals surface area (Å²) in [5.74, 6) is 3.01. The zero-order chi connectivity index (χ0) is 14.3. The monoisotopic (exact) mass is 301 g/mol. The highest BCUT2D eigenvalue weighted by Gasteiger charge is 2.31. The maximum Gasteiger partial charge on any atom is 0.416 e. The molecule has 3 rings (SSSR count). The fraction of sp³-hybridized carbons (Fsp3) is 0.462. The Labute approximate surface area is 118 Å². The van der Waals surface area contributed by atoms with Crippen molar-refractivity contribution < 1.29 is 13.2 Å². The Morgan fingerprint density at radius 1 is 1.40 bits per heavy atom. The predicted octanol–water partition coefficient (Wildman–Crippen LogP) is 3.39. The van der Waals surface area contributed by atoms with E-state index < -0.39 is 11.7 Å². The molecule has 2 aromatic rings. The Bertz CT molecular complexity index is 630. The van der Waals surface area contributed by atoms with Crippen LogP contribution in [0.4, 0.5) is 19.1 Å². The highest BCUT2D eigenvalue weighted by atomic mass is 32.2. The molecule has 3 nitrogen and oxygen atoms in total. The molecule has 0 saturated carbocycles. The number of anilines is 1. The number of rotatable bonds is 2. The van der Waals surface area contributed by atoms with Crippen LogP contribution in [0.5, 0.6) is 0 Å². The number of hydrogen-bond acceptors (Lipinski definition) is 3. The van der Waals surface area contributed by atoms with Gasteiger partial charge in [-0.05, 0) is 42.0 Å². The van der Waals surface area contributed by atoms with Crippen LogP contribution in [-0.2, 0) is 12.7 Å². The number of alkyl halides is 3. The van der Waals surface area contributed by atoms with Crippen LogP contribution in [0.3, 0.4) is 0 Å². The first kappa shape index (κ1) is 13.6. The molecule has 1 aromatic heterocycles. The van der Waals surface area contributed by atoms with E-state index in [2.05, 4.69) is 4.98 Å². The van der Waals surface area contributed by atoms with Gasteiger partial charge in [0.15, 0.2) is 0 Å². The van der Waals surface area contributed by atoms with Crippen molar-refractivity contribution in [3.63, 3.8) is 0 Å². The summed E-state index contributed by atoms with van der Waals surface area (Å²) in [6, 6.07) is 3.61. The number of halogens is 3. The molecule has 1 unspecified atom stereocenters. The lowest BCUT2D eigenvalue weighted by Gasteiger charge is -2.12. The Kier molecular flexibility index (Phi) is 3.32. The van der Waals surface area contributed by atoms with Gasteiger partial charge in [-0.3, -0.25) is 0 Å². The van der Waals surface area contributed by atoms with Crippen molar-refractivity contribution in [1.29, 1.82) is 0 Å². The molecule has 1 aliphatic rings. The number of hydrogen-bond donors (Lipinski definition) is 1. The lowest BCUT2D eigenvalue weighted by molar-refractivity contribution is -0.137. The molecule has 1 atom stereocenters. The van der Waals surface area contributed by atoms with E-state index in [-0.39, 0.29) is 5.95 Å². The fourth-order valence-corrected chi connectivity index (χ4v) is 3.77. The Morgan fingerprint density at radius 3 is 2.85 bits per heavy atom. The van der Waals surface area contributed by atoms with Gasteiger partial charge in [0.05, 0.1) is 16.6 Å². The predicted molar refractivity (Wildman–Crippen MR) is 74.6 cm³/mol. The van der Waals surface area contributed by atoms with Gasteiger partial charge < -0.3 is 10.3 Å². The van der Waals surface area contributed by atoms with Crippen LogP contribution in [0.2, 0.25) is 0 Å². The van der Waals surface area contributed by atoms with Crippen LogP contribution in [-0.4, -0.2) is 21.1 Å². The van der Waals surface area contributed by atoms with Crippen molar-refractivity contribution in [2.45, 2.75) is 19.1 Å². The molecule has 2 N–H and O–H groups in total. The van der Waals surface area contributed by atoms with Gasteiger partial charge in [-0.15, -0.1) is 0 Å². The number of nitrogens with two attached hydrogens (primary N) is 1. The molecule has 0 amide bonds. The summed E-state index contributed by atoms with van der Waals surface area (Å²) in [6.45, 7) is 0.723. The quantitative estimate of drug-likeness (QED) is 0.924. The second-order valence-corrected chi connectivity index (χ2v) is 6.16. The first-order chi connectivity index (χ1) is 9.45. The summed E-state index contributed by atoms with van der Waals surface area (Å²) in [7, 11) is 0. The molecule has 20 heavy (non-hydrogen) atoms. The van der Waals surface area contributed by atoms with Gasteiger partial charge in [0.2, 0.25) is 5.95 Å². The van der Waals surface area contributed by atoms with E-state index in [0.717, 1.165) is 36.6 Å². The van der Waals surface area contributed by atoms with Gasteiger partial charge in [0.1, 0.15) is 0 Å². The molecule has 0 radical (unpaired) electrons. The van der Waals surface area contributed by atoms with Gasteiger partial charge in [-0.25, -0.2) is 4.98 Å². The number of fused-ring (bicyclic) bond motifs is 1. The number of imidazole rings is 1. The Hall–Kier alpha value is -1.37. The first-order valence-electron chi connectivity index (χ1n) is 6.36. The van der Waals surface area contributed by atoms with E-state index in [1.54, 1.807) is 0 Å². The van der Waals surface area contributed by atoms with E-state index in [1.807, 2.05) is 16.3 Å². The third-order valence-corrected chi connectivity index (χ3v) is 4.80. The van der Waals surface area contributed by atoms with Crippen LogP contribution >= 0.6 is 11.8 Å². The third-order valence-electron chi connectivity index (χ3n) is 3.57. The van der Waals surface area contributed by atoms with Gasteiger partial charge in [0, 0.05) is 6.54 Å². The Balaban J connectivity index is 1.98. The molecular formula is C13H14F3N3S. The molecule has 108 valence electrons. The van der Waals surface area contributed by atoms with Crippen LogP contribution in [0.1, 0.15) is 12.0 Å². The van der Waals surface area contributed by atoms with Gasteiger partial charge in [-0.2, -0.15) is 24.9 Å². The molecule has 1 fully saturated rings. The number of nitrogen functional groups attached to an aromatic ring is 1. The highest BCUT2D eigenvalue weighted by Crippen LogP contribution is 2.33. The van der Waals surface area contributed by atoms with Crippen LogP contribution < -0.4 is 5.73 Å². The first-order valence-corrected chi connectivity index (χ1v) is 7.51. The summed E-state index contributed by atoms with van der Waals surface area (Å²) in [5, 5.41) is 0. The standard InChI is InChI=1S/C13H14F3N3S/c14-13(15,16)9-1-2-11-10(5-9)18-12(17)19(11)6-8-3-4-20-7-8/h1-2,5,8H,3-4,6-7H2,(H2,17,18). The average Bonchev–Trinajstić information content (AvgIpc) is 2.97. The van der Waals surface area contributed by atoms with E-state index in [0.29, 0.717) is 17.0 Å². The Morgan fingerprint density at radius 2 is 2.20 bits per heavy atom. The summed E-state index contributed by atoms with van der Waals surface area (Å²) in [5.41, 5.74) is 6.15. The lowest BCUT2D eigenvalue weighted by atomic mass is 10.1. The van der Waals surface area contributed by atoms with Crippen LogP contribution in [0.15, 0.2) is 18.2 Å². The minimum absolute atomic E-state index is 0.288. The largest absolute Gasteiger partial charge is 0.416 e. The molecule has 1 saturated heterocycles. The van der Waals surface area contributed by atoms with E-state index in [1.165, 1.54) is 6.07 Å². The van der Waals surface area contributed by atoms with E-state index in [9.17, 15) is 13.2 Å². The maximum absolute atomic E-state index is 12.7. The zero-order valence-corrected chi connectivity index (χ0v) is 11.5. The lowest BCUT2D eigenvalue weighted by Crippen LogP contribution is -2.12. The van der Waals surface area contributed by atoms with Crippen LogP contribution in [0, 0.1) is 5.92 Å². The average molecular weight is 301 g/mol. The van der Waals surface area contributed by atoms with Crippen molar-refractivity contribution in [1.82, 2.24) is 9.55 Å². The smallest absolute Gasteiger partial charge is 0.369 e. The second kappa shape index (κ2) is 4.87.